The van der Waals surface area contributed by atoms with Gasteiger partial charge in [-0.3, -0.25) is 0 Å². The highest BCUT2D eigenvalue weighted by Crippen LogP contribution is 2.33. The van der Waals surface area contributed by atoms with Crippen LogP contribution in [0, 0.1) is 20.2 Å². The predicted octanol–water partition coefficient (Wildman–Crippen LogP) is -2.28. The molecular weight excluding hydrogens is 244 g/mol. The number of aliphatic hydroxyl groups excluding tert-OH is 2. The third-order valence-electron chi connectivity index (χ3n) is 2.01. The summed E-state index contributed by atoms with van der Waals surface area (Å²) in [6.45, 7) is 0. The quantitative estimate of drug-likeness (QED) is 0.426. The van der Waals surface area contributed by atoms with Crippen LogP contribution in [-0.2, 0) is 0 Å². The van der Waals surface area contributed by atoms with Gasteiger partial charge in [-0.05, 0) is 20.3 Å². The van der Waals surface area contributed by atoms with Gasteiger partial charge in [-0.1, -0.05) is 0 Å². The second-order valence-corrected chi connectivity index (χ2v) is 2.90. The summed E-state index contributed by atoms with van der Waals surface area (Å²) in [7, 11) is 0. The van der Waals surface area contributed by atoms with E-state index in [1.54, 1.807) is 0 Å². The molecule has 0 bridgehead atoms. The third-order valence-corrected chi connectivity index (χ3v) is 2.01. The summed E-state index contributed by atoms with van der Waals surface area (Å²) in [6, 6.07) is 0. The molecular formula is C4H4N6O7. The van der Waals surface area contributed by atoms with E-state index in [1.165, 1.54) is 0 Å². The minimum atomic E-state index is -2.19. The number of aromatic nitrogens is 2. The van der Waals surface area contributed by atoms with Crippen molar-refractivity contribution in [1.29, 1.82) is 0 Å². The van der Waals surface area contributed by atoms with Gasteiger partial charge in [-0.25, -0.2) is 24.9 Å². The zero-order valence-corrected chi connectivity index (χ0v) is 7.77. The van der Waals surface area contributed by atoms with Gasteiger partial charge in [-0.2, -0.15) is 0 Å². The van der Waals surface area contributed by atoms with E-state index in [9.17, 15) is 30.4 Å². The van der Waals surface area contributed by atoms with E-state index in [4.69, 9.17) is 0 Å². The smallest absolute Gasteiger partial charge is 0.290 e. The molecule has 0 saturated carbocycles. The Bertz CT molecular complexity index is 432. The first-order chi connectivity index (χ1) is 7.95. The summed E-state index contributed by atoms with van der Waals surface area (Å²) in [6.07, 6.45) is -4.37. The van der Waals surface area contributed by atoms with E-state index in [0.717, 1.165) is 0 Å². The average molecular weight is 248 g/mol. The zero-order chi connectivity index (χ0) is 12.7. The molecule has 2 N–H and O–H groups in total. The number of nitro groups is 2. The van der Waals surface area contributed by atoms with Crippen LogP contribution in [0.3, 0.4) is 0 Å². The van der Waals surface area contributed by atoms with Crippen molar-refractivity contribution in [1.82, 2.24) is 10.3 Å². The summed E-state index contributed by atoms with van der Waals surface area (Å²) in [5.74, 6) is -1.35. The fourth-order valence-electron chi connectivity index (χ4n) is 1.32. The van der Waals surface area contributed by atoms with Gasteiger partial charge in [0.1, 0.15) is 0 Å². The number of fused-ring (bicyclic) bond motifs is 1. The molecule has 1 aromatic rings. The Morgan fingerprint density at radius 3 is 1.71 bits per heavy atom. The Balaban J connectivity index is 2.56. The molecule has 2 atom stereocenters. The van der Waals surface area contributed by atoms with E-state index < -0.39 is 34.2 Å². The van der Waals surface area contributed by atoms with Crippen molar-refractivity contribution in [2.75, 3.05) is 10.0 Å². The highest BCUT2D eigenvalue weighted by atomic mass is 16.7. The number of nitrogens with zero attached hydrogens (tertiary/aromatic N) is 6. The van der Waals surface area contributed by atoms with Crippen LogP contribution in [0.4, 0.5) is 11.6 Å². The highest BCUT2D eigenvalue weighted by Gasteiger charge is 2.53. The fourth-order valence-corrected chi connectivity index (χ4v) is 1.32. The Labute approximate surface area is 90.6 Å². The van der Waals surface area contributed by atoms with E-state index in [0.29, 0.717) is 0 Å². The molecule has 0 saturated heterocycles. The van der Waals surface area contributed by atoms with Crippen molar-refractivity contribution in [2.45, 2.75) is 12.5 Å². The molecule has 0 spiro atoms. The largest absolute Gasteiger partial charge is 0.365 e. The highest BCUT2D eigenvalue weighted by molar-refractivity contribution is 5.61. The molecule has 0 radical (unpaired) electrons. The molecule has 0 aromatic carbocycles. The lowest BCUT2D eigenvalue weighted by atomic mass is 10.3. The maximum atomic E-state index is 10.6. The van der Waals surface area contributed by atoms with Gasteiger partial charge in [-0.15, -0.1) is 0 Å². The summed E-state index contributed by atoms with van der Waals surface area (Å²) >= 11 is 0. The molecule has 13 heteroatoms. The van der Waals surface area contributed by atoms with Crippen molar-refractivity contribution in [3.63, 3.8) is 0 Å². The van der Waals surface area contributed by atoms with Crippen molar-refractivity contribution in [3.05, 3.63) is 20.2 Å². The SMILES string of the molecule is O=[N+]([O-])N1c2nonc2N([N+](=O)[O-])[C@@H](O)[C@@H]1O. The first-order valence-corrected chi connectivity index (χ1v) is 4.01. The number of anilines is 2. The number of hydrazine groups is 2. The van der Waals surface area contributed by atoms with E-state index >= 15 is 0 Å². The normalized spacial score (nSPS) is 23.4. The molecule has 0 fully saturated rings. The lowest BCUT2D eigenvalue weighted by Gasteiger charge is -2.29. The maximum Gasteiger partial charge on any atom is 0.290 e. The molecule has 92 valence electrons. The van der Waals surface area contributed by atoms with Crippen LogP contribution in [0.25, 0.3) is 0 Å². The molecule has 1 aliphatic heterocycles. The number of hydrogen-bond donors (Lipinski definition) is 2. The van der Waals surface area contributed by atoms with Crippen LogP contribution in [0.5, 0.6) is 0 Å². The molecule has 0 amide bonds. The second kappa shape index (κ2) is 3.49. The second-order valence-electron chi connectivity index (χ2n) is 2.90. The summed E-state index contributed by atoms with van der Waals surface area (Å²) in [4.78, 5) is 21.2. The van der Waals surface area contributed by atoms with Gasteiger partial charge in [0.2, 0.25) is 12.5 Å². The summed E-state index contributed by atoms with van der Waals surface area (Å²) < 4.78 is 4.11. The molecule has 1 aromatic heterocycles. The van der Waals surface area contributed by atoms with Gasteiger partial charge in [0.25, 0.3) is 11.6 Å². The van der Waals surface area contributed by atoms with E-state index in [-0.39, 0.29) is 10.0 Å². The molecule has 17 heavy (non-hydrogen) atoms. The number of hydrogen-bond acceptors (Lipinski definition) is 9. The number of rotatable bonds is 2. The summed E-state index contributed by atoms with van der Waals surface area (Å²) in [5.41, 5.74) is 0. The average Bonchev–Trinajstić information content (AvgIpc) is 2.66. The first kappa shape index (κ1) is 11.0. The maximum absolute atomic E-state index is 10.6. The van der Waals surface area contributed by atoms with Crippen molar-refractivity contribution >= 4 is 11.6 Å². The minimum Gasteiger partial charge on any atom is -0.365 e. The van der Waals surface area contributed by atoms with E-state index in [1.807, 2.05) is 0 Å². The summed E-state index contributed by atoms with van der Waals surface area (Å²) in [5, 5.41) is 43.9. The van der Waals surface area contributed by atoms with Crippen LogP contribution >= 0.6 is 0 Å². The van der Waals surface area contributed by atoms with Crippen molar-refractivity contribution < 1.29 is 24.9 Å². The Hall–Kier alpha value is -2.54. The Morgan fingerprint density at radius 2 is 1.41 bits per heavy atom. The topological polar surface area (TPSA) is 172 Å². The van der Waals surface area contributed by atoms with Gasteiger partial charge in [0.05, 0.1) is 0 Å². The van der Waals surface area contributed by atoms with Gasteiger partial charge in [0, 0.05) is 0 Å². The Kier molecular flexibility index (Phi) is 2.25. The molecule has 0 aliphatic carbocycles. The van der Waals surface area contributed by atoms with Crippen LogP contribution in [0.1, 0.15) is 0 Å². The van der Waals surface area contributed by atoms with Crippen LogP contribution in [0.2, 0.25) is 0 Å². The van der Waals surface area contributed by atoms with E-state index in [2.05, 4.69) is 14.9 Å². The van der Waals surface area contributed by atoms with Gasteiger partial charge < -0.3 is 10.2 Å². The van der Waals surface area contributed by atoms with Crippen molar-refractivity contribution in [2.24, 2.45) is 0 Å². The standard InChI is InChI=1S/C4H4N6O7/c11-3-4(12)8(10(15)16)2-1(5-17-6-2)7(3)9(13)14/h3-4,11-12H/t3-,4-/m0/s1. The predicted molar refractivity (Wildman–Crippen MR) is 45.3 cm³/mol. The van der Waals surface area contributed by atoms with Crippen LogP contribution < -0.4 is 10.0 Å². The Morgan fingerprint density at radius 1 is 1.06 bits per heavy atom. The molecule has 2 rings (SSSR count). The minimum absolute atomic E-state index is 0.0104. The third kappa shape index (κ3) is 1.41. The van der Waals surface area contributed by atoms with Crippen LogP contribution in [0.15, 0.2) is 4.63 Å². The zero-order valence-electron chi connectivity index (χ0n) is 7.77. The molecule has 1 aliphatic rings. The van der Waals surface area contributed by atoms with Crippen LogP contribution in [-0.4, -0.2) is 43.0 Å². The number of aliphatic hydroxyl groups is 2. The molecule has 2 heterocycles. The monoisotopic (exact) mass is 248 g/mol. The lowest BCUT2D eigenvalue weighted by molar-refractivity contribution is -0.536. The lowest BCUT2D eigenvalue weighted by Crippen LogP contribution is -2.59. The van der Waals surface area contributed by atoms with Gasteiger partial charge in [0.15, 0.2) is 10.1 Å². The van der Waals surface area contributed by atoms with Crippen molar-refractivity contribution in [3.8, 4) is 0 Å². The molecule has 0 unspecified atom stereocenters. The molecule has 13 nitrogen and oxygen atoms in total. The fraction of sp³-hybridized carbons (Fsp3) is 0.500. The van der Waals surface area contributed by atoms with Gasteiger partial charge >= 0.3 is 0 Å². The first-order valence-electron chi connectivity index (χ1n) is 4.01.